The fourth-order valence-electron chi connectivity index (χ4n) is 2.25. The number of aliphatic hydroxyl groups excluding tert-OH is 1. The van der Waals surface area contributed by atoms with E-state index < -0.39 is 6.10 Å². The van der Waals surface area contributed by atoms with Crippen LogP contribution in [0.1, 0.15) is 17.2 Å². The molecule has 1 atom stereocenters. The molecule has 0 radical (unpaired) electrons. The molecule has 0 saturated heterocycles. The molecule has 4 nitrogen and oxygen atoms in total. The molecular weight excluding hydrogens is 294 g/mol. The van der Waals surface area contributed by atoms with Crippen molar-refractivity contribution in [3.63, 3.8) is 0 Å². The van der Waals surface area contributed by atoms with Gasteiger partial charge in [0, 0.05) is 18.9 Å². The van der Waals surface area contributed by atoms with Crippen LogP contribution in [0.15, 0.2) is 65.6 Å². The summed E-state index contributed by atoms with van der Waals surface area (Å²) in [4.78, 5) is 10.6. The van der Waals surface area contributed by atoms with Crippen molar-refractivity contribution in [2.24, 2.45) is 0 Å². The Morgan fingerprint density at radius 1 is 1.05 bits per heavy atom. The van der Waals surface area contributed by atoms with Gasteiger partial charge < -0.3 is 10.0 Å². The monoisotopic (exact) mass is 311 g/mol. The standard InChI is InChI=1S/C17H17N3OS/c21-16(15-7-10-22-13-15)12-20(17-18-8-4-9-19-17)11-14-5-2-1-3-6-14/h1-10,13,16,21H,11-12H2/t16-/m1/s1. The average molecular weight is 311 g/mol. The Bertz CT molecular complexity index is 674. The Labute approximate surface area is 133 Å². The average Bonchev–Trinajstić information content (AvgIpc) is 3.11. The van der Waals surface area contributed by atoms with Crippen LogP contribution in [0.25, 0.3) is 0 Å². The van der Waals surface area contributed by atoms with Gasteiger partial charge in [-0.25, -0.2) is 9.97 Å². The summed E-state index contributed by atoms with van der Waals surface area (Å²) in [6.45, 7) is 1.11. The molecule has 0 bridgehead atoms. The van der Waals surface area contributed by atoms with Crippen molar-refractivity contribution in [3.05, 3.63) is 76.7 Å². The topological polar surface area (TPSA) is 49.2 Å². The lowest BCUT2D eigenvalue weighted by atomic mass is 10.1. The molecule has 5 heteroatoms. The van der Waals surface area contributed by atoms with E-state index in [-0.39, 0.29) is 0 Å². The maximum absolute atomic E-state index is 10.4. The predicted molar refractivity (Wildman–Crippen MR) is 88.8 cm³/mol. The third kappa shape index (κ3) is 3.69. The molecule has 0 amide bonds. The van der Waals surface area contributed by atoms with Crippen molar-refractivity contribution >= 4 is 17.3 Å². The summed E-state index contributed by atoms with van der Waals surface area (Å²) < 4.78 is 0. The zero-order valence-electron chi connectivity index (χ0n) is 12.0. The number of hydrogen-bond acceptors (Lipinski definition) is 5. The van der Waals surface area contributed by atoms with Gasteiger partial charge in [0.25, 0.3) is 0 Å². The van der Waals surface area contributed by atoms with E-state index in [0.717, 1.165) is 11.1 Å². The Morgan fingerprint density at radius 2 is 1.82 bits per heavy atom. The molecule has 1 aromatic carbocycles. The number of rotatable bonds is 6. The normalized spacial score (nSPS) is 12.0. The van der Waals surface area contributed by atoms with Crippen LogP contribution < -0.4 is 4.90 Å². The molecule has 1 N–H and O–H groups in total. The molecule has 0 spiro atoms. The van der Waals surface area contributed by atoms with E-state index in [0.29, 0.717) is 19.0 Å². The van der Waals surface area contributed by atoms with Crippen LogP contribution in [0, 0.1) is 0 Å². The highest BCUT2D eigenvalue weighted by atomic mass is 32.1. The molecule has 2 heterocycles. The second-order valence-electron chi connectivity index (χ2n) is 4.99. The summed E-state index contributed by atoms with van der Waals surface area (Å²) in [5.41, 5.74) is 2.09. The highest BCUT2D eigenvalue weighted by Crippen LogP contribution is 2.20. The SMILES string of the molecule is O[C@H](CN(Cc1ccccc1)c1ncccn1)c1ccsc1. The van der Waals surface area contributed by atoms with E-state index >= 15 is 0 Å². The number of aliphatic hydroxyl groups is 1. The fraction of sp³-hybridized carbons (Fsp3) is 0.176. The largest absolute Gasteiger partial charge is 0.387 e. The molecule has 22 heavy (non-hydrogen) atoms. The molecule has 0 unspecified atom stereocenters. The van der Waals surface area contributed by atoms with Crippen LogP contribution >= 0.6 is 11.3 Å². The molecular formula is C17H17N3OS. The Hall–Kier alpha value is -2.24. The molecule has 3 aromatic rings. The summed E-state index contributed by atoms with van der Waals surface area (Å²) in [5.74, 6) is 0.626. The van der Waals surface area contributed by atoms with Crippen LogP contribution in [-0.2, 0) is 6.54 Å². The first kappa shape index (κ1) is 14.7. The molecule has 0 aliphatic heterocycles. The minimum Gasteiger partial charge on any atom is -0.387 e. The number of thiophene rings is 1. The van der Waals surface area contributed by atoms with E-state index in [1.165, 1.54) is 0 Å². The number of aromatic nitrogens is 2. The van der Waals surface area contributed by atoms with Crippen LogP contribution in [0.2, 0.25) is 0 Å². The molecule has 0 fully saturated rings. The lowest BCUT2D eigenvalue weighted by Gasteiger charge is -2.25. The van der Waals surface area contributed by atoms with Gasteiger partial charge in [0.2, 0.25) is 5.95 Å². The maximum Gasteiger partial charge on any atom is 0.225 e. The van der Waals surface area contributed by atoms with Crippen LogP contribution in [0.5, 0.6) is 0 Å². The Morgan fingerprint density at radius 3 is 2.50 bits per heavy atom. The fourth-order valence-corrected chi connectivity index (χ4v) is 2.96. The zero-order chi connectivity index (χ0) is 15.2. The number of benzene rings is 1. The molecule has 2 aromatic heterocycles. The van der Waals surface area contributed by atoms with Crippen LogP contribution in [0.3, 0.4) is 0 Å². The van der Waals surface area contributed by atoms with Gasteiger partial charge in [-0.05, 0) is 34.0 Å². The predicted octanol–water partition coefficient (Wildman–Crippen LogP) is 3.28. The second kappa shape index (κ2) is 7.15. The lowest BCUT2D eigenvalue weighted by molar-refractivity contribution is 0.183. The van der Waals surface area contributed by atoms with Crippen molar-refractivity contribution in [1.82, 2.24) is 9.97 Å². The van der Waals surface area contributed by atoms with E-state index in [9.17, 15) is 5.11 Å². The van der Waals surface area contributed by atoms with Gasteiger partial charge in [-0.15, -0.1) is 0 Å². The van der Waals surface area contributed by atoms with E-state index in [2.05, 4.69) is 22.1 Å². The summed E-state index contributed by atoms with van der Waals surface area (Å²) in [6.07, 6.45) is 2.88. The first-order valence-electron chi connectivity index (χ1n) is 7.09. The Balaban J connectivity index is 1.80. The summed E-state index contributed by atoms with van der Waals surface area (Å²) in [6, 6.07) is 13.9. The van der Waals surface area contributed by atoms with Crippen molar-refractivity contribution in [3.8, 4) is 0 Å². The quantitative estimate of drug-likeness (QED) is 0.759. The molecule has 3 rings (SSSR count). The smallest absolute Gasteiger partial charge is 0.225 e. The third-order valence-corrected chi connectivity index (χ3v) is 4.07. The highest BCUT2D eigenvalue weighted by molar-refractivity contribution is 7.07. The number of hydrogen-bond donors (Lipinski definition) is 1. The molecule has 0 saturated carbocycles. The first-order chi connectivity index (χ1) is 10.8. The number of anilines is 1. The molecule has 112 valence electrons. The van der Waals surface area contributed by atoms with E-state index in [4.69, 9.17) is 0 Å². The van der Waals surface area contributed by atoms with Crippen LogP contribution in [-0.4, -0.2) is 21.6 Å². The van der Waals surface area contributed by atoms with Crippen molar-refractivity contribution in [2.75, 3.05) is 11.4 Å². The van der Waals surface area contributed by atoms with Gasteiger partial charge in [-0.3, -0.25) is 0 Å². The summed E-state index contributed by atoms with van der Waals surface area (Å²) in [5, 5.41) is 14.4. The second-order valence-corrected chi connectivity index (χ2v) is 5.77. The van der Waals surface area contributed by atoms with Crippen LogP contribution in [0.4, 0.5) is 5.95 Å². The van der Waals surface area contributed by atoms with Gasteiger partial charge >= 0.3 is 0 Å². The Kier molecular flexibility index (Phi) is 4.78. The highest BCUT2D eigenvalue weighted by Gasteiger charge is 2.16. The van der Waals surface area contributed by atoms with E-state index in [1.807, 2.05) is 39.9 Å². The van der Waals surface area contributed by atoms with Gasteiger partial charge in [-0.2, -0.15) is 11.3 Å². The summed E-state index contributed by atoms with van der Waals surface area (Å²) in [7, 11) is 0. The minimum atomic E-state index is -0.557. The third-order valence-electron chi connectivity index (χ3n) is 3.37. The van der Waals surface area contributed by atoms with Crippen molar-refractivity contribution in [2.45, 2.75) is 12.6 Å². The van der Waals surface area contributed by atoms with Gasteiger partial charge in [0.15, 0.2) is 0 Å². The lowest BCUT2D eigenvalue weighted by Crippen LogP contribution is -2.29. The van der Waals surface area contributed by atoms with Gasteiger partial charge in [-0.1, -0.05) is 30.3 Å². The van der Waals surface area contributed by atoms with Gasteiger partial charge in [0.1, 0.15) is 0 Å². The molecule has 0 aliphatic carbocycles. The van der Waals surface area contributed by atoms with E-state index in [1.54, 1.807) is 29.8 Å². The minimum absolute atomic E-state index is 0.454. The molecule has 0 aliphatic rings. The van der Waals surface area contributed by atoms with Crippen molar-refractivity contribution < 1.29 is 5.11 Å². The first-order valence-corrected chi connectivity index (χ1v) is 8.03. The zero-order valence-corrected chi connectivity index (χ0v) is 12.9. The number of nitrogens with zero attached hydrogens (tertiary/aromatic N) is 3. The van der Waals surface area contributed by atoms with Crippen molar-refractivity contribution in [1.29, 1.82) is 0 Å². The van der Waals surface area contributed by atoms with Gasteiger partial charge in [0.05, 0.1) is 12.6 Å². The summed E-state index contributed by atoms with van der Waals surface area (Å²) >= 11 is 1.59. The maximum atomic E-state index is 10.4.